The predicted molar refractivity (Wildman–Crippen MR) is 69.6 cm³/mol. The molecule has 1 aromatic rings. The van der Waals surface area contributed by atoms with Gasteiger partial charge in [-0.25, -0.2) is 0 Å². The smallest absolute Gasteiger partial charge is 0.245 e. The lowest BCUT2D eigenvalue weighted by atomic mass is 10.1. The van der Waals surface area contributed by atoms with E-state index in [0.717, 1.165) is 10.2 Å². The Balaban J connectivity index is 2.09. The third-order valence-corrected chi connectivity index (χ3v) is 3.30. The number of amides is 2. The highest BCUT2D eigenvalue weighted by molar-refractivity contribution is 9.10. The van der Waals surface area contributed by atoms with E-state index in [-0.39, 0.29) is 18.4 Å². The standard InChI is InChI=1S/C12H14BrN3O2/c1-2-10-12(18)16(7-11(17)15-10)6-9-4-3-8(13)5-14-9/h3-5,10H,2,6-7H2,1H3,(H,15,17). The van der Waals surface area contributed by atoms with Gasteiger partial charge in [0.25, 0.3) is 0 Å². The van der Waals surface area contributed by atoms with Crippen LogP contribution in [-0.2, 0) is 16.1 Å². The Labute approximate surface area is 114 Å². The Morgan fingerprint density at radius 2 is 2.28 bits per heavy atom. The van der Waals surface area contributed by atoms with Crippen LogP contribution >= 0.6 is 15.9 Å². The first-order valence-electron chi connectivity index (χ1n) is 5.78. The molecule has 1 unspecified atom stereocenters. The molecule has 0 aromatic carbocycles. The second-order valence-electron chi connectivity index (χ2n) is 4.19. The molecule has 0 saturated carbocycles. The van der Waals surface area contributed by atoms with Gasteiger partial charge in [0.15, 0.2) is 0 Å². The first-order valence-corrected chi connectivity index (χ1v) is 6.58. The van der Waals surface area contributed by atoms with Crippen LogP contribution in [0.3, 0.4) is 0 Å². The molecule has 96 valence electrons. The van der Waals surface area contributed by atoms with E-state index in [1.165, 1.54) is 0 Å². The molecule has 0 radical (unpaired) electrons. The molecule has 5 nitrogen and oxygen atoms in total. The maximum atomic E-state index is 12.0. The number of hydrogen-bond donors (Lipinski definition) is 1. The van der Waals surface area contributed by atoms with Crippen LogP contribution < -0.4 is 5.32 Å². The van der Waals surface area contributed by atoms with Crippen LogP contribution in [0.1, 0.15) is 19.0 Å². The van der Waals surface area contributed by atoms with Crippen LogP contribution in [-0.4, -0.2) is 34.3 Å². The lowest BCUT2D eigenvalue weighted by molar-refractivity contribution is -0.145. The van der Waals surface area contributed by atoms with Gasteiger partial charge in [0.05, 0.1) is 12.2 Å². The number of aromatic nitrogens is 1. The maximum absolute atomic E-state index is 12.0. The molecule has 0 spiro atoms. The van der Waals surface area contributed by atoms with Crippen molar-refractivity contribution >= 4 is 27.7 Å². The SMILES string of the molecule is CCC1NC(=O)CN(Cc2ccc(Br)cn2)C1=O. The quantitative estimate of drug-likeness (QED) is 0.908. The van der Waals surface area contributed by atoms with Crippen molar-refractivity contribution in [2.45, 2.75) is 25.9 Å². The molecule has 1 aliphatic heterocycles. The van der Waals surface area contributed by atoms with Gasteiger partial charge < -0.3 is 10.2 Å². The fourth-order valence-electron chi connectivity index (χ4n) is 1.88. The molecule has 1 N–H and O–H groups in total. The van der Waals surface area contributed by atoms with Gasteiger partial charge >= 0.3 is 0 Å². The minimum Gasteiger partial charge on any atom is -0.343 e. The van der Waals surface area contributed by atoms with Crippen LogP contribution in [0, 0.1) is 0 Å². The van der Waals surface area contributed by atoms with Crippen molar-refractivity contribution in [1.29, 1.82) is 0 Å². The maximum Gasteiger partial charge on any atom is 0.245 e. The molecule has 2 heterocycles. The van der Waals surface area contributed by atoms with E-state index in [9.17, 15) is 9.59 Å². The largest absolute Gasteiger partial charge is 0.343 e. The van der Waals surface area contributed by atoms with Crippen molar-refractivity contribution in [3.8, 4) is 0 Å². The lowest BCUT2D eigenvalue weighted by Gasteiger charge is -2.31. The van der Waals surface area contributed by atoms with Crippen molar-refractivity contribution in [3.63, 3.8) is 0 Å². The number of carbonyl (C=O) groups excluding carboxylic acids is 2. The number of rotatable bonds is 3. The molecule has 1 saturated heterocycles. The first kappa shape index (κ1) is 13.0. The fourth-order valence-corrected chi connectivity index (χ4v) is 2.11. The number of pyridine rings is 1. The number of hydrogen-bond acceptors (Lipinski definition) is 3. The minimum atomic E-state index is -0.401. The molecule has 6 heteroatoms. The van der Waals surface area contributed by atoms with E-state index >= 15 is 0 Å². The second kappa shape index (κ2) is 5.48. The first-order chi connectivity index (χ1) is 8.60. The number of nitrogens with one attached hydrogen (secondary N) is 1. The molecule has 0 aliphatic carbocycles. The summed E-state index contributed by atoms with van der Waals surface area (Å²) in [7, 11) is 0. The van der Waals surface area contributed by atoms with Gasteiger partial charge in [0.2, 0.25) is 11.8 Å². The summed E-state index contributed by atoms with van der Waals surface area (Å²) in [5.41, 5.74) is 0.774. The van der Waals surface area contributed by atoms with Gasteiger partial charge in [-0.05, 0) is 34.5 Å². The zero-order valence-corrected chi connectivity index (χ0v) is 11.6. The minimum absolute atomic E-state index is 0.0400. The lowest BCUT2D eigenvalue weighted by Crippen LogP contribution is -2.57. The normalized spacial score (nSPS) is 19.9. The molecule has 1 fully saturated rings. The summed E-state index contributed by atoms with van der Waals surface area (Å²) in [6.45, 7) is 2.35. The third-order valence-electron chi connectivity index (χ3n) is 2.83. The van der Waals surface area contributed by atoms with E-state index in [1.54, 1.807) is 11.1 Å². The van der Waals surface area contributed by atoms with Crippen LogP contribution in [0.15, 0.2) is 22.8 Å². The van der Waals surface area contributed by atoms with Gasteiger partial charge in [-0.3, -0.25) is 14.6 Å². The van der Waals surface area contributed by atoms with Crippen molar-refractivity contribution in [2.75, 3.05) is 6.54 Å². The Morgan fingerprint density at radius 1 is 1.50 bits per heavy atom. The Hall–Kier alpha value is -1.43. The summed E-state index contributed by atoms with van der Waals surface area (Å²) in [5, 5.41) is 2.68. The van der Waals surface area contributed by atoms with Crippen LogP contribution in [0.2, 0.25) is 0 Å². The third kappa shape index (κ3) is 2.87. The summed E-state index contributed by atoms with van der Waals surface area (Å²) in [6.07, 6.45) is 2.29. The Bertz CT molecular complexity index is 461. The van der Waals surface area contributed by atoms with Crippen molar-refractivity contribution in [2.24, 2.45) is 0 Å². The van der Waals surface area contributed by atoms with E-state index < -0.39 is 6.04 Å². The molecule has 1 aliphatic rings. The summed E-state index contributed by atoms with van der Waals surface area (Å²) in [5.74, 6) is -0.152. The Morgan fingerprint density at radius 3 is 2.89 bits per heavy atom. The molecule has 1 aromatic heterocycles. The second-order valence-corrected chi connectivity index (χ2v) is 5.11. The number of piperazine rings is 1. The summed E-state index contributed by atoms with van der Waals surface area (Å²) < 4.78 is 0.889. The summed E-state index contributed by atoms with van der Waals surface area (Å²) >= 11 is 3.31. The molecule has 2 amide bonds. The van der Waals surface area contributed by atoms with Crippen molar-refractivity contribution in [1.82, 2.24) is 15.2 Å². The topological polar surface area (TPSA) is 62.3 Å². The zero-order chi connectivity index (χ0) is 13.1. The van der Waals surface area contributed by atoms with E-state index in [0.29, 0.717) is 13.0 Å². The van der Waals surface area contributed by atoms with Crippen molar-refractivity contribution < 1.29 is 9.59 Å². The number of nitrogens with zero attached hydrogens (tertiary/aromatic N) is 2. The van der Waals surface area contributed by atoms with Gasteiger partial charge in [0, 0.05) is 10.7 Å². The zero-order valence-electron chi connectivity index (χ0n) is 10.0. The fraction of sp³-hybridized carbons (Fsp3) is 0.417. The van der Waals surface area contributed by atoms with Crippen LogP contribution in [0.5, 0.6) is 0 Å². The number of halogens is 1. The molecule has 0 bridgehead atoms. The predicted octanol–water partition coefficient (Wildman–Crippen LogP) is 1.08. The van der Waals surface area contributed by atoms with Crippen molar-refractivity contribution in [3.05, 3.63) is 28.5 Å². The summed E-state index contributed by atoms with van der Waals surface area (Å²) in [4.78, 5) is 29.3. The molecular formula is C12H14BrN3O2. The van der Waals surface area contributed by atoms with Gasteiger partial charge in [-0.15, -0.1) is 0 Å². The van der Waals surface area contributed by atoms with Gasteiger partial charge in [-0.2, -0.15) is 0 Å². The average Bonchev–Trinajstić information content (AvgIpc) is 2.36. The average molecular weight is 312 g/mol. The van der Waals surface area contributed by atoms with E-state index in [2.05, 4.69) is 26.2 Å². The monoisotopic (exact) mass is 311 g/mol. The molecule has 18 heavy (non-hydrogen) atoms. The Kier molecular flexibility index (Phi) is 3.96. The van der Waals surface area contributed by atoms with Crippen LogP contribution in [0.4, 0.5) is 0 Å². The van der Waals surface area contributed by atoms with Gasteiger partial charge in [-0.1, -0.05) is 6.92 Å². The highest BCUT2D eigenvalue weighted by Gasteiger charge is 2.31. The molecular weight excluding hydrogens is 298 g/mol. The molecule has 1 atom stereocenters. The molecule has 2 rings (SSSR count). The highest BCUT2D eigenvalue weighted by atomic mass is 79.9. The highest BCUT2D eigenvalue weighted by Crippen LogP contribution is 2.12. The van der Waals surface area contributed by atoms with E-state index in [1.807, 2.05) is 19.1 Å². The van der Waals surface area contributed by atoms with Crippen LogP contribution in [0.25, 0.3) is 0 Å². The number of carbonyl (C=O) groups is 2. The van der Waals surface area contributed by atoms with Gasteiger partial charge in [0.1, 0.15) is 12.6 Å². The summed E-state index contributed by atoms with van der Waals surface area (Å²) in [6, 6.07) is 3.31. The van der Waals surface area contributed by atoms with E-state index in [4.69, 9.17) is 0 Å².